The van der Waals surface area contributed by atoms with Gasteiger partial charge in [-0.15, -0.1) is 0 Å². The summed E-state index contributed by atoms with van der Waals surface area (Å²) in [7, 11) is 0. The van der Waals surface area contributed by atoms with Crippen molar-refractivity contribution in [2.45, 2.75) is 19.6 Å². The molecular formula is C14H14F2N2O. The second-order valence-corrected chi connectivity index (χ2v) is 4.27. The van der Waals surface area contributed by atoms with Gasteiger partial charge in [0.25, 0.3) is 0 Å². The Labute approximate surface area is 110 Å². The third-order valence-electron chi connectivity index (χ3n) is 2.62. The maximum Gasteiger partial charge on any atom is 0.141 e. The van der Waals surface area contributed by atoms with Crippen molar-refractivity contribution in [3.8, 4) is 5.75 Å². The Hall–Kier alpha value is -2.01. The number of nitrogens with two attached hydrogens (primary N) is 1. The quantitative estimate of drug-likeness (QED) is 0.923. The summed E-state index contributed by atoms with van der Waals surface area (Å²) in [6.07, 6.45) is 2.60. The zero-order chi connectivity index (χ0) is 13.8. The molecular weight excluding hydrogens is 250 g/mol. The summed E-state index contributed by atoms with van der Waals surface area (Å²) in [6.45, 7) is 1.89. The van der Waals surface area contributed by atoms with Gasteiger partial charge >= 0.3 is 0 Å². The maximum absolute atomic E-state index is 13.2. The summed E-state index contributed by atoms with van der Waals surface area (Å²) in [5.41, 5.74) is 7.05. The molecule has 1 unspecified atom stereocenters. The van der Waals surface area contributed by atoms with E-state index in [1.807, 2.05) is 0 Å². The smallest absolute Gasteiger partial charge is 0.141 e. The summed E-state index contributed by atoms with van der Waals surface area (Å²) in [4.78, 5) is 3.72. The number of ether oxygens (including phenoxy) is 1. The number of hydrogen-bond acceptors (Lipinski definition) is 3. The number of halogens is 2. The molecule has 1 heterocycles. The number of rotatable bonds is 4. The fourth-order valence-electron chi connectivity index (χ4n) is 1.71. The van der Waals surface area contributed by atoms with Crippen molar-refractivity contribution in [2.24, 2.45) is 5.73 Å². The maximum atomic E-state index is 13.2. The van der Waals surface area contributed by atoms with Crippen LogP contribution in [0.1, 0.15) is 24.1 Å². The van der Waals surface area contributed by atoms with Crippen LogP contribution in [0.25, 0.3) is 0 Å². The van der Waals surface area contributed by atoms with Crippen molar-refractivity contribution in [3.05, 3.63) is 59.4 Å². The molecule has 2 aromatic rings. The Balaban J connectivity index is 2.17. The first-order valence-electron chi connectivity index (χ1n) is 5.83. The van der Waals surface area contributed by atoms with Crippen LogP contribution in [-0.2, 0) is 6.61 Å². The Morgan fingerprint density at radius 2 is 2.00 bits per heavy atom. The van der Waals surface area contributed by atoms with E-state index in [2.05, 4.69) is 4.98 Å². The molecule has 3 nitrogen and oxygen atoms in total. The summed E-state index contributed by atoms with van der Waals surface area (Å²) < 4.78 is 31.7. The molecule has 1 aromatic heterocycles. The van der Waals surface area contributed by atoms with Gasteiger partial charge in [0.1, 0.15) is 24.0 Å². The Morgan fingerprint density at radius 1 is 1.21 bits per heavy atom. The molecule has 0 aliphatic heterocycles. The van der Waals surface area contributed by atoms with Gasteiger partial charge in [-0.05, 0) is 19.1 Å². The number of benzene rings is 1. The molecule has 1 atom stereocenters. The van der Waals surface area contributed by atoms with Crippen LogP contribution in [0.3, 0.4) is 0 Å². The highest BCUT2D eigenvalue weighted by Gasteiger charge is 2.10. The van der Waals surface area contributed by atoms with Gasteiger partial charge in [0.15, 0.2) is 0 Å². The third-order valence-corrected chi connectivity index (χ3v) is 2.62. The minimum absolute atomic E-state index is 0.105. The average Bonchev–Trinajstić information content (AvgIpc) is 2.36. The molecule has 0 aliphatic rings. The minimum Gasteiger partial charge on any atom is -0.488 e. The van der Waals surface area contributed by atoms with E-state index in [0.717, 1.165) is 6.20 Å². The SMILES string of the molecule is CC(N)c1ccc(F)cc1OCc1cncc(F)c1. The highest BCUT2D eigenvalue weighted by Crippen LogP contribution is 2.25. The molecule has 0 bridgehead atoms. The molecule has 5 heteroatoms. The summed E-state index contributed by atoms with van der Waals surface area (Å²) >= 11 is 0. The average molecular weight is 264 g/mol. The summed E-state index contributed by atoms with van der Waals surface area (Å²) in [5, 5.41) is 0. The topological polar surface area (TPSA) is 48.1 Å². The molecule has 2 rings (SSSR count). The molecule has 0 spiro atoms. The van der Waals surface area contributed by atoms with Crippen molar-refractivity contribution in [3.63, 3.8) is 0 Å². The number of nitrogens with zero attached hydrogens (tertiary/aromatic N) is 1. The van der Waals surface area contributed by atoms with E-state index in [1.165, 1.54) is 24.4 Å². The van der Waals surface area contributed by atoms with Gasteiger partial charge in [-0.3, -0.25) is 4.98 Å². The lowest BCUT2D eigenvalue weighted by Gasteiger charge is -2.14. The summed E-state index contributed by atoms with van der Waals surface area (Å²) in [6, 6.07) is 5.22. The minimum atomic E-state index is -0.437. The second kappa shape index (κ2) is 5.75. The molecule has 0 saturated heterocycles. The van der Waals surface area contributed by atoms with Crippen molar-refractivity contribution in [1.82, 2.24) is 4.98 Å². The molecule has 19 heavy (non-hydrogen) atoms. The van der Waals surface area contributed by atoms with Crippen LogP contribution in [-0.4, -0.2) is 4.98 Å². The number of aromatic nitrogens is 1. The molecule has 0 aliphatic carbocycles. The Morgan fingerprint density at radius 3 is 2.68 bits per heavy atom. The van der Waals surface area contributed by atoms with E-state index in [-0.39, 0.29) is 12.6 Å². The van der Waals surface area contributed by atoms with Crippen molar-refractivity contribution in [1.29, 1.82) is 0 Å². The lowest BCUT2D eigenvalue weighted by Crippen LogP contribution is -2.08. The van der Waals surface area contributed by atoms with Gasteiger partial charge < -0.3 is 10.5 Å². The molecule has 0 radical (unpaired) electrons. The van der Waals surface area contributed by atoms with Gasteiger partial charge in [-0.2, -0.15) is 0 Å². The molecule has 1 aromatic carbocycles. The van der Waals surface area contributed by atoms with Crippen molar-refractivity contribution in [2.75, 3.05) is 0 Å². The molecule has 100 valence electrons. The predicted molar refractivity (Wildman–Crippen MR) is 67.5 cm³/mol. The van der Waals surface area contributed by atoms with E-state index in [0.29, 0.717) is 16.9 Å². The van der Waals surface area contributed by atoms with Gasteiger partial charge in [0, 0.05) is 29.4 Å². The first kappa shape index (κ1) is 13.4. The van der Waals surface area contributed by atoms with Crippen LogP contribution >= 0.6 is 0 Å². The standard InChI is InChI=1S/C14H14F2N2O/c1-9(17)13-3-2-11(15)5-14(13)19-8-10-4-12(16)7-18-6-10/h2-7,9H,8,17H2,1H3. The fourth-order valence-corrected chi connectivity index (χ4v) is 1.71. The van der Waals surface area contributed by atoms with Crippen LogP contribution in [0, 0.1) is 11.6 Å². The van der Waals surface area contributed by atoms with E-state index < -0.39 is 11.6 Å². The molecule has 0 amide bonds. The monoisotopic (exact) mass is 264 g/mol. The molecule has 0 fully saturated rings. The summed E-state index contributed by atoms with van der Waals surface area (Å²) in [5.74, 6) is -0.483. The van der Waals surface area contributed by atoms with Crippen molar-refractivity contribution >= 4 is 0 Å². The van der Waals surface area contributed by atoms with Crippen LogP contribution in [0.15, 0.2) is 36.7 Å². The normalized spacial score (nSPS) is 12.2. The van der Waals surface area contributed by atoms with Crippen LogP contribution in [0.4, 0.5) is 8.78 Å². The lowest BCUT2D eigenvalue weighted by atomic mass is 10.1. The van der Waals surface area contributed by atoms with E-state index in [9.17, 15) is 8.78 Å². The van der Waals surface area contributed by atoms with Crippen molar-refractivity contribution < 1.29 is 13.5 Å². The highest BCUT2D eigenvalue weighted by molar-refractivity contribution is 5.36. The molecule has 0 saturated carbocycles. The number of pyridine rings is 1. The zero-order valence-corrected chi connectivity index (χ0v) is 10.4. The lowest BCUT2D eigenvalue weighted by molar-refractivity contribution is 0.298. The Kier molecular flexibility index (Phi) is 4.06. The molecule has 2 N–H and O–H groups in total. The largest absolute Gasteiger partial charge is 0.488 e. The fraction of sp³-hybridized carbons (Fsp3) is 0.214. The van der Waals surface area contributed by atoms with Crippen LogP contribution in [0.5, 0.6) is 5.75 Å². The van der Waals surface area contributed by atoms with Gasteiger partial charge in [-0.1, -0.05) is 6.07 Å². The first-order valence-corrected chi connectivity index (χ1v) is 5.83. The van der Waals surface area contributed by atoms with Gasteiger partial charge in [0.05, 0.1) is 6.20 Å². The van der Waals surface area contributed by atoms with Gasteiger partial charge in [-0.25, -0.2) is 8.78 Å². The highest BCUT2D eigenvalue weighted by atomic mass is 19.1. The number of hydrogen-bond donors (Lipinski definition) is 1. The Bertz CT molecular complexity index is 573. The second-order valence-electron chi connectivity index (χ2n) is 4.27. The van der Waals surface area contributed by atoms with E-state index >= 15 is 0 Å². The van der Waals surface area contributed by atoms with Crippen LogP contribution < -0.4 is 10.5 Å². The third kappa shape index (κ3) is 3.48. The zero-order valence-electron chi connectivity index (χ0n) is 10.4. The van der Waals surface area contributed by atoms with E-state index in [1.54, 1.807) is 13.0 Å². The van der Waals surface area contributed by atoms with Gasteiger partial charge in [0.2, 0.25) is 0 Å². The van der Waals surface area contributed by atoms with E-state index in [4.69, 9.17) is 10.5 Å². The first-order chi connectivity index (χ1) is 9.06. The van der Waals surface area contributed by atoms with Crippen LogP contribution in [0.2, 0.25) is 0 Å². The predicted octanol–water partition coefficient (Wildman–Crippen LogP) is 2.96.